The number of carboxylic acids is 1. The highest BCUT2D eigenvalue weighted by Crippen LogP contribution is 2.20. The van der Waals surface area contributed by atoms with Crippen molar-refractivity contribution in [3.8, 4) is 11.1 Å². The van der Waals surface area contributed by atoms with Crippen LogP contribution in [-0.4, -0.2) is 28.8 Å². The van der Waals surface area contributed by atoms with Crippen molar-refractivity contribution in [1.29, 1.82) is 0 Å². The van der Waals surface area contributed by atoms with Crippen molar-refractivity contribution in [2.75, 3.05) is 0 Å². The summed E-state index contributed by atoms with van der Waals surface area (Å²) in [6.45, 7) is 5.20. The maximum Gasteiger partial charge on any atom is 0.408 e. The van der Waals surface area contributed by atoms with E-state index in [4.69, 9.17) is 4.74 Å². The lowest BCUT2D eigenvalue weighted by atomic mass is 10.0. The van der Waals surface area contributed by atoms with Gasteiger partial charge in [-0.05, 0) is 50.3 Å². The second kappa shape index (κ2) is 8.52. The Labute approximate surface area is 154 Å². The van der Waals surface area contributed by atoms with Crippen molar-refractivity contribution in [2.45, 2.75) is 45.3 Å². The van der Waals surface area contributed by atoms with Gasteiger partial charge in [-0.15, -0.1) is 0 Å². The third kappa shape index (κ3) is 6.24. The van der Waals surface area contributed by atoms with Crippen molar-refractivity contribution in [3.05, 3.63) is 60.2 Å². The molecule has 0 aromatic heterocycles. The van der Waals surface area contributed by atoms with Gasteiger partial charge in [-0.1, -0.05) is 54.6 Å². The second-order valence-corrected chi connectivity index (χ2v) is 7.14. The van der Waals surface area contributed by atoms with Crippen molar-refractivity contribution in [2.24, 2.45) is 0 Å². The average Bonchev–Trinajstić information content (AvgIpc) is 2.58. The Kier molecular flexibility index (Phi) is 6.39. The van der Waals surface area contributed by atoms with Gasteiger partial charge in [0.15, 0.2) is 0 Å². The average molecular weight is 355 g/mol. The molecule has 2 N–H and O–H groups in total. The zero-order chi connectivity index (χ0) is 19.2. The summed E-state index contributed by atoms with van der Waals surface area (Å²) in [6.07, 6.45) is 0.116. The van der Waals surface area contributed by atoms with Crippen LogP contribution in [0.1, 0.15) is 32.8 Å². The van der Waals surface area contributed by atoms with Crippen LogP contribution in [-0.2, 0) is 16.0 Å². The lowest BCUT2D eigenvalue weighted by Gasteiger charge is -2.22. The number of ether oxygens (including phenoxy) is 1. The Morgan fingerprint density at radius 2 is 1.58 bits per heavy atom. The van der Waals surface area contributed by atoms with Gasteiger partial charge in [0.1, 0.15) is 11.6 Å². The van der Waals surface area contributed by atoms with Crippen LogP contribution in [0.4, 0.5) is 4.79 Å². The fourth-order valence-corrected chi connectivity index (χ4v) is 2.51. The minimum atomic E-state index is -1.07. The third-order valence-electron chi connectivity index (χ3n) is 3.77. The molecule has 2 aromatic carbocycles. The summed E-state index contributed by atoms with van der Waals surface area (Å²) in [4.78, 5) is 23.2. The number of carbonyl (C=O) groups excluding carboxylic acids is 1. The number of rotatable bonds is 6. The molecule has 1 atom stereocenters. The molecule has 0 fully saturated rings. The summed E-state index contributed by atoms with van der Waals surface area (Å²) in [5, 5.41) is 11.7. The SMILES string of the molecule is CC(C)(C)OC(=O)N[C@H](CCc1ccc(-c2ccccc2)cc1)C(=O)O. The first-order valence-electron chi connectivity index (χ1n) is 8.61. The number of benzene rings is 2. The number of nitrogens with one attached hydrogen (secondary N) is 1. The van der Waals surface area contributed by atoms with E-state index in [1.807, 2.05) is 54.6 Å². The highest BCUT2D eigenvalue weighted by molar-refractivity contribution is 5.80. The molecule has 0 saturated carbocycles. The molecule has 5 nitrogen and oxygen atoms in total. The summed E-state index contributed by atoms with van der Waals surface area (Å²) in [6, 6.07) is 17.0. The first kappa shape index (κ1) is 19.5. The quantitative estimate of drug-likeness (QED) is 0.812. The predicted molar refractivity (Wildman–Crippen MR) is 101 cm³/mol. The molecule has 1 amide bonds. The van der Waals surface area contributed by atoms with Gasteiger partial charge in [0.25, 0.3) is 0 Å². The van der Waals surface area contributed by atoms with E-state index in [1.165, 1.54) is 0 Å². The second-order valence-electron chi connectivity index (χ2n) is 7.14. The Balaban J connectivity index is 1.94. The normalized spacial score (nSPS) is 12.3. The van der Waals surface area contributed by atoms with Gasteiger partial charge in [0, 0.05) is 0 Å². The molecule has 0 unspecified atom stereocenters. The Hall–Kier alpha value is -2.82. The van der Waals surface area contributed by atoms with Gasteiger partial charge in [0.05, 0.1) is 0 Å². The van der Waals surface area contributed by atoms with E-state index in [0.717, 1.165) is 16.7 Å². The standard InChI is InChI=1S/C21H25NO4/c1-21(2,3)26-20(25)22-18(19(23)24)14-11-15-9-12-17(13-10-15)16-7-5-4-6-8-16/h4-10,12-13,18H,11,14H2,1-3H3,(H,22,25)(H,23,24)/t18-/m1/s1. The van der Waals surface area contributed by atoms with Crippen LogP contribution < -0.4 is 5.32 Å². The van der Waals surface area contributed by atoms with Crippen molar-refractivity contribution < 1.29 is 19.4 Å². The molecule has 0 radical (unpaired) electrons. The highest BCUT2D eigenvalue weighted by atomic mass is 16.6. The Morgan fingerprint density at radius 3 is 2.12 bits per heavy atom. The van der Waals surface area contributed by atoms with E-state index < -0.39 is 23.7 Å². The summed E-state index contributed by atoms with van der Waals surface area (Å²) in [5.41, 5.74) is 2.59. The number of hydrogen-bond donors (Lipinski definition) is 2. The number of alkyl carbamates (subject to hydrolysis) is 1. The molecule has 2 aromatic rings. The fraction of sp³-hybridized carbons (Fsp3) is 0.333. The molecule has 0 saturated heterocycles. The Morgan fingerprint density at radius 1 is 1.00 bits per heavy atom. The lowest BCUT2D eigenvalue weighted by Crippen LogP contribution is -2.43. The largest absolute Gasteiger partial charge is 0.480 e. The number of amides is 1. The van der Waals surface area contributed by atoms with Crippen molar-refractivity contribution >= 4 is 12.1 Å². The molecule has 0 aliphatic rings. The molecule has 26 heavy (non-hydrogen) atoms. The van der Waals surface area contributed by atoms with Crippen LogP contribution in [0.15, 0.2) is 54.6 Å². The van der Waals surface area contributed by atoms with E-state index in [2.05, 4.69) is 5.32 Å². The zero-order valence-electron chi connectivity index (χ0n) is 15.4. The topological polar surface area (TPSA) is 75.6 Å². The monoisotopic (exact) mass is 355 g/mol. The van der Waals surface area contributed by atoms with E-state index in [-0.39, 0.29) is 0 Å². The molecule has 0 spiro atoms. The van der Waals surface area contributed by atoms with Crippen LogP contribution in [0.2, 0.25) is 0 Å². The van der Waals surface area contributed by atoms with Gasteiger partial charge in [-0.25, -0.2) is 9.59 Å². The number of aliphatic carboxylic acids is 1. The summed E-state index contributed by atoms with van der Waals surface area (Å²) >= 11 is 0. The van der Waals surface area contributed by atoms with Crippen molar-refractivity contribution in [1.82, 2.24) is 5.32 Å². The number of hydrogen-bond acceptors (Lipinski definition) is 3. The maximum atomic E-state index is 11.8. The number of carbonyl (C=O) groups is 2. The molecule has 2 rings (SSSR count). The Bertz CT molecular complexity index is 733. The summed E-state index contributed by atoms with van der Waals surface area (Å²) in [7, 11) is 0. The van der Waals surface area contributed by atoms with E-state index in [0.29, 0.717) is 12.8 Å². The molecule has 138 valence electrons. The van der Waals surface area contributed by atoms with Crippen LogP contribution in [0.5, 0.6) is 0 Å². The van der Waals surface area contributed by atoms with Gasteiger partial charge >= 0.3 is 12.1 Å². The summed E-state index contributed by atoms with van der Waals surface area (Å²) < 4.78 is 5.12. The molecule has 0 aliphatic carbocycles. The first-order chi connectivity index (χ1) is 12.2. The van der Waals surface area contributed by atoms with Gasteiger partial charge < -0.3 is 15.2 Å². The van der Waals surface area contributed by atoms with Gasteiger partial charge in [-0.3, -0.25) is 0 Å². The van der Waals surface area contributed by atoms with Crippen molar-refractivity contribution in [3.63, 3.8) is 0 Å². The fourth-order valence-electron chi connectivity index (χ4n) is 2.51. The lowest BCUT2D eigenvalue weighted by molar-refractivity contribution is -0.139. The predicted octanol–water partition coefficient (Wildman–Crippen LogP) is 4.26. The van der Waals surface area contributed by atoms with E-state index in [1.54, 1.807) is 20.8 Å². The van der Waals surface area contributed by atoms with Crippen LogP contribution in [0.3, 0.4) is 0 Å². The highest BCUT2D eigenvalue weighted by Gasteiger charge is 2.23. The molecular weight excluding hydrogens is 330 g/mol. The van der Waals surface area contributed by atoms with E-state index in [9.17, 15) is 14.7 Å². The molecular formula is C21H25NO4. The maximum absolute atomic E-state index is 11.8. The minimum Gasteiger partial charge on any atom is -0.480 e. The van der Waals surface area contributed by atoms with Gasteiger partial charge in [-0.2, -0.15) is 0 Å². The minimum absolute atomic E-state index is 0.291. The third-order valence-corrected chi connectivity index (χ3v) is 3.77. The molecule has 0 bridgehead atoms. The smallest absolute Gasteiger partial charge is 0.408 e. The molecule has 0 aliphatic heterocycles. The number of aryl methyl sites for hydroxylation is 1. The zero-order valence-corrected chi connectivity index (χ0v) is 15.4. The molecule has 5 heteroatoms. The van der Waals surface area contributed by atoms with Crippen LogP contribution >= 0.6 is 0 Å². The van der Waals surface area contributed by atoms with E-state index >= 15 is 0 Å². The van der Waals surface area contributed by atoms with Crippen LogP contribution in [0.25, 0.3) is 11.1 Å². The van der Waals surface area contributed by atoms with Crippen LogP contribution in [0, 0.1) is 0 Å². The molecule has 0 heterocycles. The van der Waals surface area contributed by atoms with Gasteiger partial charge in [0.2, 0.25) is 0 Å². The first-order valence-corrected chi connectivity index (χ1v) is 8.61. The number of carboxylic acid groups (broad SMARTS) is 1. The summed E-state index contributed by atoms with van der Waals surface area (Å²) in [5.74, 6) is -1.07.